The van der Waals surface area contributed by atoms with Gasteiger partial charge in [-0.25, -0.2) is 0 Å². The van der Waals surface area contributed by atoms with Crippen LogP contribution in [0.5, 0.6) is 0 Å². The van der Waals surface area contributed by atoms with Crippen LogP contribution in [0.15, 0.2) is 48.7 Å². The van der Waals surface area contributed by atoms with Gasteiger partial charge in [0, 0.05) is 31.6 Å². The van der Waals surface area contributed by atoms with E-state index in [4.69, 9.17) is 0 Å². The summed E-state index contributed by atoms with van der Waals surface area (Å²) in [5.41, 5.74) is 3.68. The van der Waals surface area contributed by atoms with Gasteiger partial charge in [0.2, 0.25) is 0 Å². The van der Waals surface area contributed by atoms with Crippen LogP contribution in [0.4, 0.5) is 0 Å². The van der Waals surface area contributed by atoms with Crippen LogP contribution in [-0.2, 0) is 19.4 Å². The Labute approximate surface area is 127 Å². The molecule has 0 saturated carbocycles. The molecule has 0 aliphatic carbocycles. The monoisotopic (exact) mass is 284 g/mol. The second kappa shape index (κ2) is 8.55. The van der Waals surface area contributed by atoms with Gasteiger partial charge in [-0.05, 0) is 42.0 Å². The van der Waals surface area contributed by atoms with Crippen molar-refractivity contribution >= 4 is 0 Å². The van der Waals surface area contributed by atoms with Gasteiger partial charge in [-0.2, -0.15) is 0 Å². The van der Waals surface area contributed by atoms with Gasteiger partial charge < -0.3 is 10.4 Å². The molecule has 0 radical (unpaired) electrons. The predicted octanol–water partition coefficient (Wildman–Crippen LogP) is 2.58. The smallest absolute Gasteiger partial charge is 0.0475 e. The molecule has 1 aromatic heterocycles. The molecule has 2 aromatic rings. The summed E-state index contributed by atoms with van der Waals surface area (Å²) >= 11 is 0. The molecule has 1 heterocycles. The Bertz CT molecular complexity index is 511. The van der Waals surface area contributed by atoms with Gasteiger partial charge in [0.25, 0.3) is 0 Å². The molecule has 112 valence electrons. The van der Waals surface area contributed by atoms with Crippen molar-refractivity contribution in [3.8, 4) is 0 Å². The second-order valence-corrected chi connectivity index (χ2v) is 5.37. The summed E-state index contributed by atoms with van der Waals surface area (Å²) in [6.07, 6.45) is 3.68. The fourth-order valence-corrected chi connectivity index (χ4v) is 2.33. The number of aliphatic hydroxyl groups is 1. The minimum atomic E-state index is 0.179. The number of rotatable bonds is 8. The van der Waals surface area contributed by atoms with E-state index in [1.807, 2.05) is 18.2 Å². The molecule has 1 aromatic carbocycles. The molecule has 3 nitrogen and oxygen atoms in total. The number of hydrogen-bond acceptors (Lipinski definition) is 3. The number of benzene rings is 1. The van der Waals surface area contributed by atoms with Crippen molar-refractivity contribution in [2.24, 2.45) is 5.92 Å². The van der Waals surface area contributed by atoms with Crippen molar-refractivity contribution in [3.63, 3.8) is 0 Å². The van der Waals surface area contributed by atoms with Crippen LogP contribution < -0.4 is 5.32 Å². The molecule has 0 bridgehead atoms. The molecule has 3 heteroatoms. The lowest BCUT2D eigenvalue weighted by Crippen LogP contribution is -2.26. The first-order chi connectivity index (χ1) is 10.3. The molecule has 0 fully saturated rings. The number of pyridine rings is 1. The predicted molar refractivity (Wildman–Crippen MR) is 86.0 cm³/mol. The Morgan fingerprint density at radius 2 is 1.86 bits per heavy atom. The van der Waals surface area contributed by atoms with Crippen LogP contribution in [0.25, 0.3) is 0 Å². The largest absolute Gasteiger partial charge is 0.396 e. The first-order valence-electron chi connectivity index (χ1n) is 7.61. The summed E-state index contributed by atoms with van der Waals surface area (Å²) in [4.78, 5) is 4.31. The minimum absolute atomic E-state index is 0.179. The summed E-state index contributed by atoms with van der Waals surface area (Å²) in [7, 11) is 0. The third kappa shape index (κ3) is 5.29. The van der Waals surface area contributed by atoms with Crippen LogP contribution in [0, 0.1) is 5.92 Å². The highest BCUT2D eigenvalue weighted by Gasteiger charge is 2.09. The fraction of sp³-hybridized carbons (Fsp3) is 0.389. The van der Waals surface area contributed by atoms with Crippen molar-refractivity contribution in [2.45, 2.75) is 26.3 Å². The van der Waals surface area contributed by atoms with Crippen LogP contribution in [0.2, 0.25) is 0 Å². The normalized spacial score (nSPS) is 12.3. The van der Waals surface area contributed by atoms with Crippen LogP contribution in [-0.4, -0.2) is 23.2 Å². The van der Waals surface area contributed by atoms with Gasteiger partial charge >= 0.3 is 0 Å². The number of aryl methyl sites for hydroxylation is 1. The van der Waals surface area contributed by atoms with E-state index in [0.29, 0.717) is 0 Å². The van der Waals surface area contributed by atoms with Gasteiger partial charge in [-0.1, -0.05) is 37.3 Å². The summed E-state index contributed by atoms with van der Waals surface area (Å²) in [5.74, 6) is 0.204. The van der Waals surface area contributed by atoms with Crippen molar-refractivity contribution in [3.05, 3.63) is 65.5 Å². The molecular weight excluding hydrogens is 260 g/mol. The van der Waals surface area contributed by atoms with E-state index in [1.54, 1.807) is 6.20 Å². The van der Waals surface area contributed by atoms with Gasteiger partial charge in [0.05, 0.1) is 0 Å². The molecule has 1 atom stereocenters. The average molecular weight is 284 g/mol. The molecule has 0 spiro atoms. The second-order valence-electron chi connectivity index (χ2n) is 5.37. The van der Waals surface area contributed by atoms with Gasteiger partial charge in [-0.3, -0.25) is 4.98 Å². The molecule has 0 aliphatic rings. The number of hydrogen-bond donors (Lipinski definition) is 2. The highest BCUT2D eigenvalue weighted by Crippen LogP contribution is 2.07. The Kier molecular flexibility index (Phi) is 6.38. The molecule has 0 aliphatic heterocycles. The third-order valence-corrected chi connectivity index (χ3v) is 3.68. The highest BCUT2D eigenvalue weighted by molar-refractivity contribution is 5.22. The zero-order chi connectivity index (χ0) is 14.9. The molecule has 2 N–H and O–H groups in total. The highest BCUT2D eigenvalue weighted by atomic mass is 16.3. The molecule has 21 heavy (non-hydrogen) atoms. The Balaban J connectivity index is 1.77. The Morgan fingerprint density at radius 3 is 2.48 bits per heavy atom. The maximum atomic E-state index is 9.49. The van der Waals surface area contributed by atoms with Crippen LogP contribution in [0.3, 0.4) is 0 Å². The lowest BCUT2D eigenvalue weighted by atomic mass is 10.0. The molecule has 0 saturated heterocycles. The first kappa shape index (κ1) is 15.7. The standard InChI is InChI=1S/C18H24N2O/c1-2-15-6-8-16(9-7-15)12-19-13-17(14-21)11-18-5-3-4-10-20-18/h3-10,17,19,21H,2,11-14H2,1H3. The summed E-state index contributed by atoms with van der Waals surface area (Å²) in [5, 5.41) is 12.9. The Hall–Kier alpha value is -1.71. The number of nitrogens with zero attached hydrogens (tertiary/aromatic N) is 1. The number of aliphatic hydroxyl groups excluding tert-OH is 1. The molecule has 2 rings (SSSR count). The maximum Gasteiger partial charge on any atom is 0.0475 e. The topological polar surface area (TPSA) is 45.1 Å². The molecule has 0 amide bonds. The molecular formula is C18H24N2O. The van der Waals surface area contributed by atoms with E-state index in [2.05, 4.69) is 41.5 Å². The lowest BCUT2D eigenvalue weighted by Gasteiger charge is -2.15. The van der Waals surface area contributed by atoms with E-state index >= 15 is 0 Å². The Morgan fingerprint density at radius 1 is 1.10 bits per heavy atom. The van der Waals surface area contributed by atoms with Crippen molar-refractivity contribution < 1.29 is 5.11 Å². The van der Waals surface area contributed by atoms with Crippen LogP contribution >= 0.6 is 0 Å². The van der Waals surface area contributed by atoms with Crippen LogP contribution in [0.1, 0.15) is 23.7 Å². The first-order valence-corrected chi connectivity index (χ1v) is 7.61. The maximum absolute atomic E-state index is 9.49. The fourth-order valence-electron chi connectivity index (χ4n) is 2.33. The average Bonchev–Trinajstić information content (AvgIpc) is 2.55. The van der Waals surface area contributed by atoms with Crippen molar-refractivity contribution in [1.82, 2.24) is 10.3 Å². The third-order valence-electron chi connectivity index (χ3n) is 3.68. The quantitative estimate of drug-likeness (QED) is 0.783. The summed E-state index contributed by atoms with van der Waals surface area (Å²) in [6.45, 7) is 3.97. The number of nitrogens with one attached hydrogen (secondary N) is 1. The summed E-state index contributed by atoms with van der Waals surface area (Å²) < 4.78 is 0. The van der Waals surface area contributed by atoms with Gasteiger partial charge in [-0.15, -0.1) is 0 Å². The number of aromatic nitrogens is 1. The minimum Gasteiger partial charge on any atom is -0.396 e. The summed E-state index contributed by atoms with van der Waals surface area (Å²) in [6, 6.07) is 14.6. The molecule has 1 unspecified atom stereocenters. The van der Waals surface area contributed by atoms with E-state index in [1.165, 1.54) is 11.1 Å². The van der Waals surface area contributed by atoms with Crippen molar-refractivity contribution in [1.29, 1.82) is 0 Å². The van der Waals surface area contributed by atoms with Gasteiger partial charge in [0.1, 0.15) is 0 Å². The van der Waals surface area contributed by atoms with E-state index in [0.717, 1.165) is 31.6 Å². The van der Waals surface area contributed by atoms with Crippen molar-refractivity contribution in [2.75, 3.05) is 13.2 Å². The van der Waals surface area contributed by atoms with E-state index < -0.39 is 0 Å². The van der Waals surface area contributed by atoms with E-state index in [9.17, 15) is 5.11 Å². The van der Waals surface area contributed by atoms with E-state index in [-0.39, 0.29) is 12.5 Å². The van der Waals surface area contributed by atoms with Gasteiger partial charge in [0.15, 0.2) is 0 Å². The SMILES string of the molecule is CCc1ccc(CNCC(CO)Cc2ccccn2)cc1. The lowest BCUT2D eigenvalue weighted by molar-refractivity contribution is 0.220. The zero-order valence-corrected chi connectivity index (χ0v) is 12.6. The zero-order valence-electron chi connectivity index (χ0n) is 12.6.